The Labute approximate surface area is 154 Å². The molecule has 1 aliphatic rings. The lowest BCUT2D eigenvalue weighted by Crippen LogP contribution is -2.42. The lowest BCUT2D eigenvalue weighted by Gasteiger charge is -2.14. The van der Waals surface area contributed by atoms with Crippen LogP contribution < -0.4 is 16.4 Å². The van der Waals surface area contributed by atoms with Crippen LogP contribution in [0.25, 0.3) is 10.8 Å². The number of hydrogen-bond donors (Lipinski definition) is 3. The van der Waals surface area contributed by atoms with Crippen LogP contribution in [-0.2, 0) is 16.1 Å². The molecule has 3 rings (SSSR count). The highest BCUT2D eigenvalue weighted by Crippen LogP contribution is 2.35. The van der Waals surface area contributed by atoms with Gasteiger partial charge < -0.3 is 16.4 Å². The Hall–Kier alpha value is -2.61. The van der Waals surface area contributed by atoms with E-state index in [0.717, 1.165) is 16.3 Å². The molecule has 5 nitrogen and oxygen atoms in total. The third-order valence-electron chi connectivity index (χ3n) is 4.72. The van der Waals surface area contributed by atoms with Crippen molar-refractivity contribution in [3.63, 3.8) is 0 Å². The Kier molecular flexibility index (Phi) is 5.36. The molecule has 3 unspecified atom stereocenters. The molecule has 1 aliphatic carbocycles. The van der Waals surface area contributed by atoms with Crippen molar-refractivity contribution < 1.29 is 22.8 Å². The number of carbonyl (C=O) groups is 2. The van der Waals surface area contributed by atoms with Crippen LogP contribution in [0.1, 0.15) is 18.4 Å². The van der Waals surface area contributed by atoms with Crippen LogP contribution in [0.15, 0.2) is 42.5 Å². The number of carbonyl (C=O) groups excluding carboxylic acids is 2. The van der Waals surface area contributed by atoms with Gasteiger partial charge in [-0.3, -0.25) is 9.59 Å². The minimum Gasteiger partial charge on any atom is -0.351 e. The number of fused-ring (bicyclic) bond motifs is 1. The van der Waals surface area contributed by atoms with Crippen LogP contribution in [0.3, 0.4) is 0 Å². The number of nitrogens with two attached hydrogens (primary N) is 1. The SMILES string of the molecule is NC(CC1CC1NC(=O)C(F)(F)F)C(=O)NCc1cccc2ccccc12. The highest BCUT2D eigenvalue weighted by Gasteiger charge is 2.46. The average molecular weight is 379 g/mol. The molecule has 1 saturated carbocycles. The van der Waals surface area contributed by atoms with E-state index < -0.39 is 24.2 Å². The molecule has 0 spiro atoms. The first-order valence-corrected chi connectivity index (χ1v) is 8.63. The van der Waals surface area contributed by atoms with Crippen molar-refractivity contribution in [3.8, 4) is 0 Å². The summed E-state index contributed by atoms with van der Waals surface area (Å²) in [6, 6.07) is 12.2. The first-order chi connectivity index (χ1) is 12.8. The number of halogens is 3. The maximum atomic E-state index is 12.2. The van der Waals surface area contributed by atoms with Gasteiger partial charge in [-0.1, -0.05) is 42.5 Å². The number of benzene rings is 2. The molecular weight excluding hydrogens is 359 g/mol. The molecule has 144 valence electrons. The normalized spacial score (nSPS) is 20.1. The van der Waals surface area contributed by atoms with Crippen LogP contribution in [0, 0.1) is 5.92 Å². The fraction of sp³-hybridized carbons (Fsp3) is 0.368. The van der Waals surface area contributed by atoms with Crippen molar-refractivity contribution in [3.05, 3.63) is 48.0 Å². The molecule has 0 aromatic heterocycles. The quantitative estimate of drug-likeness (QED) is 0.720. The summed E-state index contributed by atoms with van der Waals surface area (Å²) in [5.41, 5.74) is 6.82. The predicted molar refractivity (Wildman–Crippen MR) is 94.5 cm³/mol. The predicted octanol–water partition coefficient (Wildman–Crippen LogP) is 2.24. The Morgan fingerprint density at radius 3 is 2.59 bits per heavy atom. The summed E-state index contributed by atoms with van der Waals surface area (Å²) in [5.74, 6) is -2.53. The second kappa shape index (κ2) is 7.56. The zero-order chi connectivity index (χ0) is 19.6. The van der Waals surface area contributed by atoms with Crippen molar-refractivity contribution in [1.82, 2.24) is 10.6 Å². The molecule has 0 saturated heterocycles. The minimum absolute atomic E-state index is 0.213. The smallest absolute Gasteiger partial charge is 0.351 e. The summed E-state index contributed by atoms with van der Waals surface area (Å²) in [7, 11) is 0. The van der Waals surface area contributed by atoms with Gasteiger partial charge in [0.2, 0.25) is 5.91 Å². The summed E-state index contributed by atoms with van der Waals surface area (Å²) in [6.07, 6.45) is -4.28. The molecule has 0 bridgehead atoms. The second-order valence-electron chi connectivity index (χ2n) is 6.77. The van der Waals surface area contributed by atoms with Gasteiger partial charge in [0.05, 0.1) is 6.04 Å². The summed E-state index contributed by atoms with van der Waals surface area (Å²) < 4.78 is 36.7. The maximum absolute atomic E-state index is 12.2. The van der Waals surface area contributed by atoms with Crippen LogP contribution >= 0.6 is 0 Å². The van der Waals surface area contributed by atoms with Crippen molar-refractivity contribution in [2.45, 2.75) is 37.6 Å². The maximum Gasteiger partial charge on any atom is 0.471 e. The van der Waals surface area contributed by atoms with E-state index in [0.29, 0.717) is 13.0 Å². The van der Waals surface area contributed by atoms with Gasteiger partial charge in [-0.05, 0) is 35.1 Å². The highest BCUT2D eigenvalue weighted by atomic mass is 19.4. The molecule has 4 N–H and O–H groups in total. The monoisotopic (exact) mass is 379 g/mol. The third-order valence-corrected chi connectivity index (χ3v) is 4.72. The van der Waals surface area contributed by atoms with Gasteiger partial charge in [0.25, 0.3) is 0 Å². The summed E-state index contributed by atoms with van der Waals surface area (Å²) >= 11 is 0. The Bertz CT molecular complexity index is 848. The highest BCUT2D eigenvalue weighted by molar-refractivity contribution is 5.87. The van der Waals surface area contributed by atoms with Crippen LogP contribution in [-0.4, -0.2) is 30.1 Å². The molecule has 0 radical (unpaired) electrons. The van der Waals surface area contributed by atoms with E-state index in [4.69, 9.17) is 5.73 Å². The van der Waals surface area contributed by atoms with Gasteiger partial charge in [-0.15, -0.1) is 0 Å². The molecule has 2 aromatic carbocycles. The van der Waals surface area contributed by atoms with Gasteiger partial charge >= 0.3 is 12.1 Å². The van der Waals surface area contributed by atoms with Crippen LogP contribution in [0.5, 0.6) is 0 Å². The van der Waals surface area contributed by atoms with E-state index in [1.165, 1.54) is 0 Å². The molecule has 0 heterocycles. The molecule has 3 atom stereocenters. The largest absolute Gasteiger partial charge is 0.471 e. The van der Waals surface area contributed by atoms with Gasteiger partial charge in [-0.25, -0.2) is 0 Å². The zero-order valence-electron chi connectivity index (χ0n) is 14.4. The van der Waals surface area contributed by atoms with Gasteiger partial charge in [0.15, 0.2) is 0 Å². The Balaban J connectivity index is 1.48. The number of alkyl halides is 3. The van der Waals surface area contributed by atoms with E-state index >= 15 is 0 Å². The van der Waals surface area contributed by atoms with E-state index in [1.807, 2.05) is 47.8 Å². The van der Waals surface area contributed by atoms with Crippen molar-refractivity contribution >= 4 is 22.6 Å². The fourth-order valence-electron chi connectivity index (χ4n) is 3.13. The van der Waals surface area contributed by atoms with Crippen LogP contribution in [0.2, 0.25) is 0 Å². The zero-order valence-corrected chi connectivity index (χ0v) is 14.4. The van der Waals surface area contributed by atoms with E-state index in [2.05, 4.69) is 5.32 Å². The standard InChI is InChI=1S/C19H20F3N3O2/c20-19(21,22)18(27)25-16-9-13(16)8-15(23)17(26)24-10-12-6-3-5-11-4-1-2-7-14(11)12/h1-7,13,15-16H,8-10,23H2,(H,24,26)(H,25,27). The molecule has 8 heteroatoms. The summed E-state index contributed by atoms with van der Waals surface area (Å²) in [6.45, 7) is 0.312. The molecule has 2 amide bonds. The Morgan fingerprint density at radius 1 is 1.15 bits per heavy atom. The molecule has 0 aliphatic heterocycles. The van der Waals surface area contributed by atoms with Crippen molar-refractivity contribution in [2.75, 3.05) is 0 Å². The van der Waals surface area contributed by atoms with E-state index in [1.54, 1.807) is 0 Å². The average Bonchev–Trinajstić information content (AvgIpc) is 3.35. The lowest BCUT2D eigenvalue weighted by atomic mass is 10.0. The Morgan fingerprint density at radius 2 is 1.85 bits per heavy atom. The lowest BCUT2D eigenvalue weighted by molar-refractivity contribution is -0.173. The second-order valence-corrected chi connectivity index (χ2v) is 6.77. The van der Waals surface area contributed by atoms with E-state index in [-0.39, 0.29) is 18.2 Å². The van der Waals surface area contributed by atoms with E-state index in [9.17, 15) is 22.8 Å². The third kappa shape index (κ3) is 4.77. The number of nitrogens with one attached hydrogen (secondary N) is 2. The number of hydrogen-bond acceptors (Lipinski definition) is 3. The first-order valence-electron chi connectivity index (χ1n) is 8.63. The number of amides is 2. The van der Waals surface area contributed by atoms with Crippen LogP contribution in [0.4, 0.5) is 13.2 Å². The molecule has 2 aromatic rings. The molecular formula is C19H20F3N3O2. The minimum atomic E-state index is -4.90. The molecule has 1 fully saturated rings. The van der Waals surface area contributed by atoms with Gasteiger partial charge in [0, 0.05) is 12.6 Å². The topological polar surface area (TPSA) is 84.2 Å². The van der Waals surface area contributed by atoms with Crippen molar-refractivity contribution in [1.29, 1.82) is 0 Å². The first kappa shape index (κ1) is 19.2. The van der Waals surface area contributed by atoms with Crippen molar-refractivity contribution in [2.24, 2.45) is 11.7 Å². The fourth-order valence-corrected chi connectivity index (χ4v) is 3.13. The molecule has 27 heavy (non-hydrogen) atoms. The van der Waals surface area contributed by atoms with Gasteiger partial charge in [0.1, 0.15) is 0 Å². The summed E-state index contributed by atoms with van der Waals surface area (Å²) in [5, 5.41) is 6.79. The summed E-state index contributed by atoms with van der Waals surface area (Å²) in [4.78, 5) is 23.1. The number of rotatable bonds is 6. The van der Waals surface area contributed by atoms with Gasteiger partial charge in [-0.2, -0.15) is 13.2 Å².